The number of hydrogen-bond acceptors (Lipinski definition) is 7. The highest BCUT2D eigenvalue weighted by Crippen LogP contribution is 2.55. The van der Waals surface area contributed by atoms with Crippen LogP contribution in [0.3, 0.4) is 0 Å². The average molecular weight is 535 g/mol. The van der Waals surface area contributed by atoms with E-state index in [1.807, 2.05) is 0 Å². The number of hydrogen-bond donors (Lipinski definition) is 2. The van der Waals surface area contributed by atoms with Gasteiger partial charge in [-0.05, 0) is 36.8 Å². The molecule has 194 valence electrons. The quantitative estimate of drug-likeness (QED) is 0.546. The summed E-state index contributed by atoms with van der Waals surface area (Å²) in [6, 6.07) is 2.23. The van der Waals surface area contributed by atoms with Crippen LogP contribution >= 0.6 is 11.6 Å². The van der Waals surface area contributed by atoms with E-state index in [-0.39, 0.29) is 45.3 Å². The Bertz CT molecular complexity index is 1360. The number of carboxylic acids is 1. The number of nitrogens with one attached hydrogen (secondary N) is 1. The first kappa shape index (κ1) is 25.2. The molecule has 1 saturated heterocycles. The topological polar surface area (TPSA) is 104 Å². The van der Waals surface area contributed by atoms with Crippen molar-refractivity contribution in [3.8, 4) is 0 Å². The highest BCUT2D eigenvalue weighted by molar-refractivity contribution is 6.31. The standard InChI is InChI=1S/C25H22ClF3N4O4/c1-37-24(36)19-17(10-33-11-25(4-5-25)8-18(33)23(34)35)31-22(21-16(29)7-13(28)9-30-21)32-20(19)14-3-2-12(27)6-15(14)26/h2-3,6-7,9,18,20H,4-5,8,10-11H2,1H3,(H,31,32)(H,34,35). The van der Waals surface area contributed by atoms with Gasteiger partial charge in [0.05, 0.1) is 18.9 Å². The van der Waals surface area contributed by atoms with E-state index in [4.69, 9.17) is 16.3 Å². The van der Waals surface area contributed by atoms with Crippen LogP contribution in [0.25, 0.3) is 0 Å². The fraction of sp³-hybridized carbons (Fsp3) is 0.360. The van der Waals surface area contributed by atoms with Gasteiger partial charge in [-0.2, -0.15) is 0 Å². The van der Waals surface area contributed by atoms with Crippen LogP contribution in [0.15, 0.2) is 46.7 Å². The number of likely N-dealkylation sites (tertiary alicyclic amines) is 1. The molecule has 0 bridgehead atoms. The SMILES string of the molecule is COC(=O)C1=C(CN2CC3(CC3)CC2C(=O)O)NC(c2ncc(F)cc2F)=NC1c1ccc(F)cc1Cl. The number of methoxy groups -OCH3 is 1. The van der Waals surface area contributed by atoms with Gasteiger partial charge in [0.2, 0.25) is 0 Å². The van der Waals surface area contributed by atoms with E-state index in [0.717, 1.165) is 31.2 Å². The van der Waals surface area contributed by atoms with Crippen molar-refractivity contribution in [3.05, 3.63) is 75.5 Å². The summed E-state index contributed by atoms with van der Waals surface area (Å²) in [6.07, 6.45) is 3.12. The molecule has 2 N–H and O–H groups in total. The maximum Gasteiger partial charge on any atom is 0.338 e. The number of carbonyl (C=O) groups excluding carboxylic acids is 1. The number of amidine groups is 1. The second-order valence-electron chi connectivity index (χ2n) is 9.50. The predicted molar refractivity (Wildman–Crippen MR) is 126 cm³/mol. The molecule has 1 aliphatic carbocycles. The van der Waals surface area contributed by atoms with Gasteiger partial charge in [-0.3, -0.25) is 14.7 Å². The summed E-state index contributed by atoms with van der Waals surface area (Å²) < 4.78 is 47.1. The van der Waals surface area contributed by atoms with Crippen LogP contribution in [-0.2, 0) is 14.3 Å². The molecule has 0 radical (unpaired) electrons. The van der Waals surface area contributed by atoms with Gasteiger partial charge in [0, 0.05) is 35.4 Å². The minimum Gasteiger partial charge on any atom is -0.480 e. The Morgan fingerprint density at radius 2 is 2.00 bits per heavy atom. The zero-order valence-electron chi connectivity index (χ0n) is 19.6. The van der Waals surface area contributed by atoms with Crippen molar-refractivity contribution in [1.29, 1.82) is 0 Å². The Hall–Kier alpha value is -3.44. The number of benzene rings is 1. The third-order valence-corrected chi connectivity index (χ3v) is 7.36. The number of aliphatic imine (C=N–C) groups is 1. The fourth-order valence-electron chi connectivity index (χ4n) is 5.02. The van der Waals surface area contributed by atoms with Crippen molar-refractivity contribution in [2.75, 3.05) is 20.2 Å². The molecule has 0 amide bonds. The lowest BCUT2D eigenvalue weighted by molar-refractivity contribution is -0.142. The smallest absolute Gasteiger partial charge is 0.338 e. The van der Waals surface area contributed by atoms with Gasteiger partial charge < -0.3 is 15.2 Å². The predicted octanol–water partition coefficient (Wildman–Crippen LogP) is 3.61. The number of nitrogens with zero attached hydrogens (tertiary/aromatic N) is 3. The van der Waals surface area contributed by atoms with Gasteiger partial charge in [0.15, 0.2) is 11.7 Å². The summed E-state index contributed by atoms with van der Waals surface area (Å²) in [7, 11) is 1.17. The van der Waals surface area contributed by atoms with E-state index < -0.39 is 41.5 Å². The van der Waals surface area contributed by atoms with Crippen LogP contribution in [-0.4, -0.2) is 59.0 Å². The zero-order chi connectivity index (χ0) is 26.5. The minimum absolute atomic E-state index is 0.00293. The molecule has 1 aromatic carbocycles. The number of pyridine rings is 1. The molecule has 12 heteroatoms. The van der Waals surface area contributed by atoms with Crippen LogP contribution < -0.4 is 5.32 Å². The molecule has 1 aromatic heterocycles. The number of aliphatic carboxylic acids is 1. The summed E-state index contributed by atoms with van der Waals surface area (Å²) >= 11 is 6.32. The van der Waals surface area contributed by atoms with Crippen LogP contribution in [0.4, 0.5) is 13.2 Å². The number of ether oxygens (including phenoxy) is 1. The first-order valence-corrected chi connectivity index (χ1v) is 11.9. The normalized spacial score (nSPS) is 22.6. The Morgan fingerprint density at radius 1 is 1.24 bits per heavy atom. The van der Waals surface area contributed by atoms with E-state index in [1.165, 1.54) is 13.2 Å². The lowest BCUT2D eigenvalue weighted by Crippen LogP contribution is -2.43. The van der Waals surface area contributed by atoms with Crippen molar-refractivity contribution in [2.45, 2.75) is 31.3 Å². The van der Waals surface area contributed by atoms with Crippen LogP contribution in [0.2, 0.25) is 5.02 Å². The average Bonchev–Trinajstić information content (AvgIpc) is 3.49. The second kappa shape index (κ2) is 9.46. The number of carbonyl (C=O) groups is 2. The second-order valence-corrected chi connectivity index (χ2v) is 9.91. The first-order chi connectivity index (χ1) is 17.6. The van der Waals surface area contributed by atoms with Gasteiger partial charge in [0.1, 0.15) is 29.4 Å². The van der Waals surface area contributed by atoms with Crippen molar-refractivity contribution in [2.24, 2.45) is 10.4 Å². The maximum atomic E-state index is 14.7. The summed E-state index contributed by atoms with van der Waals surface area (Å²) in [5.74, 6) is -4.40. The Morgan fingerprint density at radius 3 is 2.62 bits per heavy atom. The largest absolute Gasteiger partial charge is 0.480 e. The van der Waals surface area contributed by atoms with Crippen molar-refractivity contribution >= 4 is 29.4 Å². The van der Waals surface area contributed by atoms with Crippen LogP contribution in [0, 0.1) is 22.9 Å². The fourth-order valence-corrected chi connectivity index (χ4v) is 5.30. The molecule has 1 spiro atoms. The van der Waals surface area contributed by atoms with E-state index in [1.54, 1.807) is 4.90 Å². The molecule has 2 aromatic rings. The number of carboxylic acid groups (broad SMARTS) is 1. The van der Waals surface area contributed by atoms with E-state index in [2.05, 4.69) is 15.3 Å². The molecule has 2 unspecified atom stereocenters. The molecule has 2 aliphatic heterocycles. The Kier molecular flexibility index (Phi) is 6.45. The Balaban J connectivity index is 1.64. The molecule has 37 heavy (non-hydrogen) atoms. The summed E-state index contributed by atoms with van der Waals surface area (Å²) in [5, 5.41) is 12.7. The van der Waals surface area contributed by atoms with Gasteiger partial charge in [-0.1, -0.05) is 17.7 Å². The van der Waals surface area contributed by atoms with Crippen molar-refractivity contribution in [1.82, 2.24) is 15.2 Å². The number of rotatable bonds is 6. The highest BCUT2D eigenvalue weighted by Gasteiger charge is 2.54. The molecule has 5 rings (SSSR count). The molecule has 2 fully saturated rings. The van der Waals surface area contributed by atoms with Gasteiger partial charge in [-0.15, -0.1) is 0 Å². The van der Waals surface area contributed by atoms with Crippen molar-refractivity contribution in [3.63, 3.8) is 0 Å². The number of aromatic nitrogens is 1. The maximum absolute atomic E-state index is 14.7. The van der Waals surface area contributed by atoms with Gasteiger partial charge in [0.25, 0.3) is 0 Å². The molecule has 3 heterocycles. The van der Waals surface area contributed by atoms with E-state index >= 15 is 0 Å². The number of halogens is 4. The Labute approximate surface area is 214 Å². The lowest BCUT2D eigenvalue weighted by atomic mass is 9.94. The van der Waals surface area contributed by atoms with Gasteiger partial charge >= 0.3 is 11.9 Å². The first-order valence-electron chi connectivity index (χ1n) is 11.5. The zero-order valence-corrected chi connectivity index (χ0v) is 20.4. The lowest BCUT2D eigenvalue weighted by Gasteiger charge is -2.31. The number of esters is 1. The third-order valence-electron chi connectivity index (χ3n) is 7.03. The summed E-state index contributed by atoms with van der Waals surface area (Å²) in [4.78, 5) is 35.1. The summed E-state index contributed by atoms with van der Waals surface area (Å²) in [5.41, 5.74) is 0.0448. The van der Waals surface area contributed by atoms with Crippen molar-refractivity contribution < 1.29 is 32.6 Å². The molecular formula is C25H22ClF3N4O4. The third kappa shape index (κ3) is 4.80. The molecule has 8 nitrogen and oxygen atoms in total. The van der Waals surface area contributed by atoms with E-state index in [9.17, 15) is 27.9 Å². The summed E-state index contributed by atoms with van der Waals surface area (Å²) in [6.45, 7) is 0.474. The highest BCUT2D eigenvalue weighted by atomic mass is 35.5. The van der Waals surface area contributed by atoms with Gasteiger partial charge in [-0.25, -0.2) is 22.9 Å². The molecule has 2 atom stereocenters. The molecule has 1 saturated carbocycles. The van der Waals surface area contributed by atoms with E-state index in [0.29, 0.717) is 19.0 Å². The monoisotopic (exact) mass is 534 g/mol. The molecule has 3 aliphatic rings. The minimum atomic E-state index is -1.17. The van der Waals surface area contributed by atoms with Crippen LogP contribution in [0.1, 0.15) is 36.6 Å². The van der Waals surface area contributed by atoms with Crippen LogP contribution in [0.5, 0.6) is 0 Å². The molecular weight excluding hydrogens is 513 g/mol.